The molecular formula is C15H23NO2. The highest BCUT2D eigenvalue weighted by Crippen LogP contribution is 2.22. The summed E-state index contributed by atoms with van der Waals surface area (Å²) in [6, 6.07) is 8.41. The van der Waals surface area contributed by atoms with Gasteiger partial charge in [0, 0.05) is 13.1 Å². The number of aryl methyl sites for hydroxylation is 1. The number of benzene rings is 1. The molecule has 0 bridgehead atoms. The van der Waals surface area contributed by atoms with Gasteiger partial charge in [0.05, 0.1) is 6.42 Å². The predicted octanol–water partition coefficient (Wildman–Crippen LogP) is 2.93. The van der Waals surface area contributed by atoms with E-state index in [1.54, 1.807) is 0 Å². The fraction of sp³-hybridized carbons (Fsp3) is 0.533. The maximum atomic E-state index is 10.8. The highest BCUT2D eigenvalue weighted by molar-refractivity contribution is 5.67. The maximum absolute atomic E-state index is 10.8. The summed E-state index contributed by atoms with van der Waals surface area (Å²) in [6.07, 6.45) is 0.200. The van der Waals surface area contributed by atoms with E-state index in [1.165, 1.54) is 11.1 Å². The molecule has 0 radical (unpaired) electrons. The molecule has 1 aromatic rings. The average molecular weight is 249 g/mol. The van der Waals surface area contributed by atoms with Crippen LogP contribution in [0.15, 0.2) is 24.3 Å². The second kappa shape index (κ2) is 6.01. The topological polar surface area (TPSA) is 40.5 Å². The van der Waals surface area contributed by atoms with E-state index in [-0.39, 0.29) is 11.8 Å². The molecule has 3 heteroatoms. The number of carboxylic acid groups (broad SMARTS) is 1. The Kier molecular flexibility index (Phi) is 4.91. The molecule has 0 atom stereocenters. The third-order valence-electron chi connectivity index (χ3n) is 2.86. The zero-order valence-corrected chi connectivity index (χ0v) is 11.7. The molecule has 0 fully saturated rings. The zero-order valence-electron chi connectivity index (χ0n) is 11.7. The van der Waals surface area contributed by atoms with E-state index in [2.05, 4.69) is 36.1 Å². The van der Waals surface area contributed by atoms with E-state index in [0.717, 1.165) is 13.1 Å². The molecule has 0 aliphatic heterocycles. The largest absolute Gasteiger partial charge is 0.481 e. The van der Waals surface area contributed by atoms with Crippen molar-refractivity contribution in [3.8, 4) is 0 Å². The molecule has 1 rings (SSSR count). The fourth-order valence-electron chi connectivity index (χ4n) is 2.37. The first-order valence-corrected chi connectivity index (χ1v) is 6.24. The monoisotopic (exact) mass is 249 g/mol. The Morgan fingerprint density at radius 2 is 2.06 bits per heavy atom. The third-order valence-corrected chi connectivity index (χ3v) is 2.86. The van der Waals surface area contributed by atoms with Crippen LogP contribution in [0.5, 0.6) is 0 Å². The molecule has 0 amide bonds. The minimum absolute atomic E-state index is 0.200. The molecule has 0 unspecified atom stereocenters. The van der Waals surface area contributed by atoms with E-state index in [1.807, 2.05) is 20.9 Å². The Morgan fingerprint density at radius 3 is 2.61 bits per heavy atom. The molecule has 1 N–H and O–H groups in total. The zero-order chi connectivity index (χ0) is 13.8. The molecule has 18 heavy (non-hydrogen) atoms. The summed E-state index contributed by atoms with van der Waals surface area (Å²) in [7, 11) is 2.03. The first-order valence-electron chi connectivity index (χ1n) is 6.24. The van der Waals surface area contributed by atoms with Crippen LogP contribution in [0.25, 0.3) is 0 Å². The van der Waals surface area contributed by atoms with Crippen LogP contribution in [-0.2, 0) is 11.3 Å². The molecule has 0 aliphatic rings. The van der Waals surface area contributed by atoms with E-state index in [0.29, 0.717) is 0 Å². The van der Waals surface area contributed by atoms with Crippen LogP contribution in [-0.4, -0.2) is 29.6 Å². The van der Waals surface area contributed by atoms with Crippen molar-refractivity contribution in [3.05, 3.63) is 35.4 Å². The molecule has 3 nitrogen and oxygen atoms in total. The van der Waals surface area contributed by atoms with Gasteiger partial charge in [-0.1, -0.05) is 43.7 Å². The molecule has 0 aromatic heterocycles. The lowest BCUT2D eigenvalue weighted by Gasteiger charge is -2.29. The third kappa shape index (κ3) is 5.32. The minimum atomic E-state index is -0.732. The number of nitrogens with zero attached hydrogens (tertiary/aromatic N) is 1. The standard InChI is InChI=1S/C15H23NO2/c1-12-6-5-7-13(8-12)10-16(4)11-15(2,3)9-14(17)18/h5-8H,9-11H2,1-4H3,(H,17,18). The second-order valence-corrected chi connectivity index (χ2v) is 5.90. The Hall–Kier alpha value is -1.35. The van der Waals surface area contributed by atoms with Gasteiger partial charge in [0.15, 0.2) is 0 Å². The molecule has 0 aliphatic carbocycles. The van der Waals surface area contributed by atoms with E-state index in [4.69, 9.17) is 5.11 Å². The van der Waals surface area contributed by atoms with Crippen molar-refractivity contribution in [2.75, 3.05) is 13.6 Å². The average Bonchev–Trinajstić information content (AvgIpc) is 2.13. The van der Waals surface area contributed by atoms with Gasteiger partial charge in [0.25, 0.3) is 0 Å². The van der Waals surface area contributed by atoms with Gasteiger partial charge in [-0.15, -0.1) is 0 Å². The second-order valence-electron chi connectivity index (χ2n) is 5.90. The molecular weight excluding hydrogens is 226 g/mol. The van der Waals surface area contributed by atoms with Crippen LogP contribution in [0, 0.1) is 12.3 Å². The number of hydrogen-bond acceptors (Lipinski definition) is 2. The van der Waals surface area contributed by atoms with Gasteiger partial charge in [-0.25, -0.2) is 0 Å². The lowest BCUT2D eigenvalue weighted by atomic mass is 9.89. The van der Waals surface area contributed by atoms with Crippen LogP contribution in [0.4, 0.5) is 0 Å². The Labute approximate surface area is 109 Å². The molecule has 0 spiro atoms. The first kappa shape index (κ1) is 14.7. The van der Waals surface area contributed by atoms with Crippen molar-refractivity contribution in [2.45, 2.75) is 33.7 Å². The van der Waals surface area contributed by atoms with Crippen molar-refractivity contribution >= 4 is 5.97 Å². The number of carbonyl (C=O) groups is 1. The molecule has 1 aromatic carbocycles. The van der Waals surface area contributed by atoms with Gasteiger partial charge < -0.3 is 10.0 Å². The van der Waals surface area contributed by atoms with E-state index in [9.17, 15) is 4.79 Å². The summed E-state index contributed by atoms with van der Waals surface area (Å²) in [5.41, 5.74) is 2.32. The number of rotatable bonds is 6. The summed E-state index contributed by atoms with van der Waals surface area (Å²) in [6.45, 7) is 7.69. The Bertz CT molecular complexity index is 413. The summed E-state index contributed by atoms with van der Waals surface area (Å²) in [5.74, 6) is -0.732. The lowest BCUT2D eigenvalue weighted by Crippen LogP contribution is -2.32. The lowest BCUT2D eigenvalue weighted by molar-refractivity contribution is -0.139. The van der Waals surface area contributed by atoms with Crippen LogP contribution < -0.4 is 0 Å². The number of aliphatic carboxylic acids is 1. The summed E-state index contributed by atoms with van der Waals surface area (Å²) < 4.78 is 0. The SMILES string of the molecule is Cc1cccc(CN(C)CC(C)(C)CC(=O)O)c1. The smallest absolute Gasteiger partial charge is 0.303 e. The Balaban J connectivity index is 2.56. The van der Waals surface area contributed by atoms with E-state index >= 15 is 0 Å². The maximum Gasteiger partial charge on any atom is 0.303 e. The van der Waals surface area contributed by atoms with Gasteiger partial charge in [-0.3, -0.25) is 4.79 Å². The molecule has 100 valence electrons. The van der Waals surface area contributed by atoms with Gasteiger partial charge in [0.2, 0.25) is 0 Å². The van der Waals surface area contributed by atoms with Crippen LogP contribution in [0.1, 0.15) is 31.4 Å². The van der Waals surface area contributed by atoms with Crippen LogP contribution in [0.2, 0.25) is 0 Å². The van der Waals surface area contributed by atoms with E-state index < -0.39 is 5.97 Å². The van der Waals surface area contributed by atoms with Crippen molar-refractivity contribution in [1.82, 2.24) is 4.90 Å². The molecule has 0 saturated heterocycles. The quantitative estimate of drug-likeness (QED) is 0.842. The highest BCUT2D eigenvalue weighted by atomic mass is 16.4. The van der Waals surface area contributed by atoms with Gasteiger partial charge in [0.1, 0.15) is 0 Å². The summed E-state index contributed by atoms with van der Waals surface area (Å²) >= 11 is 0. The summed E-state index contributed by atoms with van der Waals surface area (Å²) in [5, 5.41) is 8.87. The van der Waals surface area contributed by atoms with Crippen molar-refractivity contribution in [2.24, 2.45) is 5.41 Å². The van der Waals surface area contributed by atoms with Crippen LogP contribution in [0.3, 0.4) is 0 Å². The number of carboxylic acids is 1. The van der Waals surface area contributed by atoms with Crippen LogP contribution >= 0.6 is 0 Å². The van der Waals surface area contributed by atoms with Crippen molar-refractivity contribution < 1.29 is 9.90 Å². The van der Waals surface area contributed by atoms with Gasteiger partial charge in [-0.05, 0) is 24.9 Å². The predicted molar refractivity (Wildman–Crippen MR) is 73.5 cm³/mol. The first-order chi connectivity index (χ1) is 8.28. The van der Waals surface area contributed by atoms with Gasteiger partial charge in [-0.2, -0.15) is 0 Å². The molecule has 0 heterocycles. The van der Waals surface area contributed by atoms with Gasteiger partial charge >= 0.3 is 5.97 Å². The summed E-state index contributed by atoms with van der Waals surface area (Å²) in [4.78, 5) is 13.0. The fourth-order valence-corrected chi connectivity index (χ4v) is 2.37. The highest BCUT2D eigenvalue weighted by Gasteiger charge is 2.23. The normalized spacial score (nSPS) is 11.8. The van der Waals surface area contributed by atoms with Crippen molar-refractivity contribution in [3.63, 3.8) is 0 Å². The Morgan fingerprint density at radius 1 is 1.39 bits per heavy atom. The molecule has 0 saturated carbocycles. The number of hydrogen-bond donors (Lipinski definition) is 1. The minimum Gasteiger partial charge on any atom is -0.481 e. The van der Waals surface area contributed by atoms with Crippen molar-refractivity contribution in [1.29, 1.82) is 0 Å².